The van der Waals surface area contributed by atoms with Crippen LogP contribution in [0.3, 0.4) is 0 Å². The lowest BCUT2D eigenvalue weighted by Gasteiger charge is -2.04. The van der Waals surface area contributed by atoms with Gasteiger partial charge in [-0.1, -0.05) is 18.2 Å². The summed E-state index contributed by atoms with van der Waals surface area (Å²) in [5.74, 6) is 0.807. The Morgan fingerprint density at radius 3 is 2.71 bits per heavy atom. The minimum atomic E-state index is 0.548. The molecule has 0 aliphatic rings. The first-order chi connectivity index (χ1) is 10.4. The number of hydrogen-bond acceptors (Lipinski definition) is 3. The summed E-state index contributed by atoms with van der Waals surface area (Å²) in [7, 11) is 0. The second-order valence-electron chi connectivity index (χ2n) is 4.40. The van der Waals surface area contributed by atoms with Crippen molar-refractivity contribution in [3.63, 3.8) is 0 Å². The Labute approximate surface area is 122 Å². The molecule has 0 radical (unpaired) electrons. The van der Waals surface area contributed by atoms with Crippen molar-refractivity contribution in [1.29, 1.82) is 5.26 Å². The molecule has 0 spiro atoms. The molecular weight excluding hydrogens is 260 g/mol. The molecule has 4 nitrogen and oxygen atoms in total. The third-order valence-electron chi connectivity index (χ3n) is 3.09. The molecule has 2 aromatic heterocycles. The van der Waals surface area contributed by atoms with Gasteiger partial charge in [0.05, 0.1) is 5.56 Å². The van der Waals surface area contributed by atoms with Crippen molar-refractivity contribution in [2.45, 2.75) is 0 Å². The normalized spacial score (nSPS) is 10.6. The summed E-state index contributed by atoms with van der Waals surface area (Å²) in [5.41, 5.74) is 2.42. The third kappa shape index (κ3) is 2.72. The molecule has 0 amide bonds. The van der Waals surface area contributed by atoms with Gasteiger partial charge in [0.1, 0.15) is 11.9 Å². The lowest BCUT2D eigenvalue weighted by Crippen LogP contribution is -1.95. The molecule has 3 aromatic rings. The quantitative estimate of drug-likeness (QED) is 0.735. The summed E-state index contributed by atoms with van der Waals surface area (Å²) in [6.07, 6.45) is 10.7. The lowest BCUT2D eigenvalue weighted by atomic mass is 10.1. The van der Waals surface area contributed by atoms with E-state index in [1.807, 2.05) is 59.3 Å². The van der Waals surface area contributed by atoms with Crippen molar-refractivity contribution in [1.82, 2.24) is 14.5 Å². The van der Waals surface area contributed by atoms with E-state index in [1.165, 1.54) is 0 Å². The van der Waals surface area contributed by atoms with Crippen LogP contribution in [0, 0.1) is 11.3 Å². The SMILES string of the molecule is N#Cc1cnccc1/C=C/c1nccn1-c1ccccc1. The van der Waals surface area contributed by atoms with Gasteiger partial charge in [0.2, 0.25) is 0 Å². The van der Waals surface area contributed by atoms with Gasteiger partial charge in [-0.05, 0) is 35.9 Å². The molecule has 0 atom stereocenters. The van der Waals surface area contributed by atoms with Gasteiger partial charge in [-0.2, -0.15) is 5.26 Å². The second kappa shape index (κ2) is 5.85. The smallest absolute Gasteiger partial charge is 0.137 e. The number of hydrogen-bond donors (Lipinski definition) is 0. The first-order valence-corrected chi connectivity index (χ1v) is 6.49. The van der Waals surface area contributed by atoms with Crippen LogP contribution in [-0.2, 0) is 0 Å². The van der Waals surface area contributed by atoms with E-state index in [9.17, 15) is 0 Å². The van der Waals surface area contributed by atoms with Crippen LogP contribution in [0.2, 0.25) is 0 Å². The lowest BCUT2D eigenvalue weighted by molar-refractivity contribution is 1.03. The average Bonchev–Trinajstić information content (AvgIpc) is 3.02. The van der Waals surface area contributed by atoms with Crippen molar-refractivity contribution >= 4 is 12.2 Å². The molecule has 0 saturated heterocycles. The summed E-state index contributed by atoms with van der Waals surface area (Å²) in [6.45, 7) is 0. The summed E-state index contributed by atoms with van der Waals surface area (Å²) in [6, 6.07) is 13.9. The molecule has 2 heterocycles. The maximum atomic E-state index is 9.06. The summed E-state index contributed by atoms with van der Waals surface area (Å²) < 4.78 is 1.99. The highest BCUT2D eigenvalue weighted by Gasteiger charge is 2.02. The Bertz CT molecular complexity index is 810. The van der Waals surface area contributed by atoms with E-state index in [4.69, 9.17) is 5.26 Å². The fraction of sp³-hybridized carbons (Fsp3) is 0. The van der Waals surface area contributed by atoms with Gasteiger partial charge in [-0.25, -0.2) is 4.98 Å². The fourth-order valence-electron chi connectivity index (χ4n) is 2.05. The number of rotatable bonds is 3. The number of nitrogens with zero attached hydrogens (tertiary/aromatic N) is 4. The summed E-state index contributed by atoms with van der Waals surface area (Å²) >= 11 is 0. The van der Waals surface area contributed by atoms with Gasteiger partial charge in [0.25, 0.3) is 0 Å². The Hall–Kier alpha value is -3.19. The highest BCUT2D eigenvalue weighted by Crippen LogP contribution is 2.14. The standard InChI is InChI=1S/C17H12N4/c18-12-15-13-19-9-8-14(15)6-7-17-20-10-11-21(17)16-4-2-1-3-5-16/h1-11,13H/b7-6+. The highest BCUT2D eigenvalue weighted by molar-refractivity contribution is 5.70. The van der Waals surface area contributed by atoms with Crippen molar-refractivity contribution in [3.8, 4) is 11.8 Å². The van der Waals surface area contributed by atoms with Gasteiger partial charge in [0, 0.05) is 30.5 Å². The zero-order valence-corrected chi connectivity index (χ0v) is 11.2. The van der Waals surface area contributed by atoms with Crippen LogP contribution in [0.15, 0.2) is 61.2 Å². The van der Waals surface area contributed by atoms with Crippen molar-refractivity contribution in [2.75, 3.05) is 0 Å². The zero-order valence-electron chi connectivity index (χ0n) is 11.2. The van der Waals surface area contributed by atoms with Crippen LogP contribution in [0.1, 0.15) is 17.0 Å². The van der Waals surface area contributed by atoms with E-state index < -0.39 is 0 Å². The largest absolute Gasteiger partial charge is 0.300 e. The molecule has 0 N–H and O–H groups in total. The predicted octanol–water partition coefficient (Wildman–Crippen LogP) is 3.31. The molecule has 0 aliphatic heterocycles. The number of benzene rings is 1. The molecule has 21 heavy (non-hydrogen) atoms. The molecule has 0 saturated carbocycles. The number of nitriles is 1. The zero-order chi connectivity index (χ0) is 14.5. The molecule has 4 heteroatoms. The van der Waals surface area contributed by atoms with Crippen LogP contribution >= 0.6 is 0 Å². The van der Waals surface area contributed by atoms with Crippen molar-refractivity contribution in [3.05, 3.63) is 78.1 Å². The monoisotopic (exact) mass is 272 g/mol. The minimum Gasteiger partial charge on any atom is -0.300 e. The Balaban J connectivity index is 1.95. The number of aromatic nitrogens is 3. The molecule has 1 aromatic carbocycles. The maximum absolute atomic E-state index is 9.06. The Morgan fingerprint density at radius 1 is 1.05 bits per heavy atom. The first kappa shape index (κ1) is 12.8. The molecular formula is C17H12N4. The maximum Gasteiger partial charge on any atom is 0.137 e. The number of imidazole rings is 1. The number of pyridine rings is 1. The molecule has 0 fully saturated rings. The third-order valence-corrected chi connectivity index (χ3v) is 3.09. The molecule has 100 valence electrons. The van der Waals surface area contributed by atoms with E-state index in [-0.39, 0.29) is 0 Å². The van der Waals surface area contributed by atoms with E-state index in [1.54, 1.807) is 18.6 Å². The van der Waals surface area contributed by atoms with Crippen LogP contribution < -0.4 is 0 Å². The molecule has 0 aliphatic carbocycles. The van der Waals surface area contributed by atoms with E-state index in [0.717, 1.165) is 17.1 Å². The van der Waals surface area contributed by atoms with Gasteiger partial charge in [-0.3, -0.25) is 4.98 Å². The minimum absolute atomic E-state index is 0.548. The van der Waals surface area contributed by atoms with Gasteiger partial charge in [-0.15, -0.1) is 0 Å². The molecule has 3 rings (SSSR count). The van der Waals surface area contributed by atoms with E-state index in [0.29, 0.717) is 5.56 Å². The van der Waals surface area contributed by atoms with Gasteiger partial charge < -0.3 is 4.57 Å². The van der Waals surface area contributed by atoms with Crippen LogP contribution in [0.25, 0.3) is 17.8 Å². The van der Waals surface area contributed by atoms with Crippen LogP contribution in [0.4, 0.5) is 0 Å². The van der Waals surface area contributed by atoms with E-state index in [2.05, 4.69) is 16.0 Å². The fourth-order valence-corrected chi connectivity index (χ4v) is 2.05. The van der Waals surface area contributed by atoms with Gasteiger partial charge >= 0.3 is 0 Å². The Kier molecular flexibility index (Phi) is 3.57. The molecule has 0 bridgehead atoms. The van der Waals surface area contributed by atoms with Crippen LogP contribution in [-0.4, -0.2) is 14.5 Å². The Morgan fingerprint density at radius 2 is 1.90 bits per heavy atom. The first-order valence-electron chi connectivity index (χ1n) is 6.49. The average molecular weight is 272 g/mol. The van der Waals surface area contributed by atoms with Crippen LogP contribution in [0.5, 0.6) is 0 Å². The predicted molar refractivity (Wildman–Crippen MR) is 81.4 cm³/mol. The van der Waals surface area contributed by atoms with Crippen molar-refractivity contribution in [2.24, 2.45) is 0 Å². The second-order valence-corrected chi connectivity index (χ2v) is 4.40. The summed E-state index contributed by atoms with van der Waals surface area (Å²) in [5, 5.41) is 9.06. The van der Waals surface area contributed by atoms with E-state index >= 15 is 0 Å². The summed E-state index contributed by atoms with van der Waals surface area (Å²) in [4.78, 5) is 8.29. The number of para-hydroxylation sites is 1. The molecule has 0 unspecified atom stereocenters. The topological polar surface area (TPSA) is 54.5 Å². The van der Waals surface area contributed by atoms with Crippen molar-refractivity contribution < 1.29 is 0 Å². The van der Waals surface area contributed by atoms with Gasteiger partial charge in [0.15, 0.2) is 0 Å². The highest BCUT2D eigenvalue weighted by atomic mass is 15.1.